The van der Waals surface area contributed by atoms with Crippen LogP contribution in [0.15, 0.2) is 0 Å². The maximum Gasteiger partial charge on any atom is 0.263 e. The van der Waals surface area contributed by atoms with Crippen LogP contribution in [0.2, 0.25) is 0 Å². The molecule has 1 aromatic rings. The van der Waals surface area contributed by atoms with Crippen molar-refractivity contribution in [2.75, 3.05) is 17.6 Å². The van der Waals surface area contributed by atoms with E-state index < -0.39 is 0 Å². The summed E-state index contributed by atoms with van der Waals surface area (Å²) in [7, 11) is 0. The zero-order valence-corrected chi connectivity index (χ0v) is 12.9. The van der Waals surface area contributed by atoms with Gasteiger partial charge in [0.15, 0.2) is 0 Å². The van der Waals surface area contributed by atoms with E-state index in [4.69, 9.17) is 5.73 Å². The van der Waals surface area contributed by atoms with Crippen molar-refractivity contribution in [3.8, 4) is 6.07 Å². The van der Waals surface area contributed by atoms with E-state index in [1.54, 1.807) is 0 Å². The molecule has 0 radical (unpaired) electrons. The first kappa shape index (κ1) is 14.7. The summed E-state index contributed by atoms with van der Waals surface area (Å²) in [6, 6.07) is 2.11. The standard InChI is InChI=1S/C14H20N4OS/c1-4-17-12(19)11-10(16)9(7-15)13(20-11)18-14(2,3)8-5-6-8/h8,18H,4-6,16H2,1-3H3,(H,17,19). The molecule has 1 aliphatic carbocycles. The number of amides is 1. The van der Waals surface area contributed by atoms with Gasteiger partial charge in [-0.2, -0.15) is 5.26 Å². The zero-order valence-electron chi connectivity index (χ0n) is 12.0. The summed E-state index contributed by atoms with van der Waals surface area (Å²) in [5.74, 6) is 0.397. The molecule has 108 valence electrons. The van der Waals surface area contributed by atoms with Crippen LogP contribution in [0.25, 0.3) is 0 Å². The highest BCUT2D eigenvalue weighted by atomic mass is 32.1. The van der Waals surface area contributed by atoms with Crippen LogP contribution < -0.4 is 16.4 Å². The molecule has 0 bridgehead atoms. The van der Waals surface area contributed by atoms with Gasteiger partial charge in [-0.3, -0.25) is 4.79 Å². The van der Waals surface area contributed by atoms with Crippen molar-refractivity contribution in [3.05, 3.63) is 10.4 Å². The number of nitrogen functional groups attached to an aromatic ring is 1. The van der Waals surface area contributed by atoms with Crippen LogP contribution in [0, 0.1) is 17.2 Å². The lowest BCUT2D eigenvalue weighted by Gasteiger charge is -2.26. The lowest BCUT2D eigenvalue weighted by Crippen LogP contribution is -2.33. The Balaban J connectivity index is 2.31. The number of carbonyl (C=O) groups is 1. The monoisotopic (exact) mass is 292 g/mol. The Kier molecular flexibility index (Phi) is 3.91. The fraction of sp³-hybridized carbons (Fsp3) is 0.571. The third-order valence-electron chi connectivity index (χ3n) is 3.63. The maximum atomic E-state index is 11.9. The fourth-order valence-corrected chi connectivity index (χ4v) is 3.40. The third kappa shape index (κ3) is 2.73. The van der Waals surface area contributed by atoms with Crippen molar-refractivity contribution >= 4 is 27.9 Å². The molecule has 5 nitrogen and oxygen atoms in total. The molecule has 0 spiro atoms. The van der Waals surface area contributed by atoms with Gasteiger partial charge in [0, 0.05) is 12.1 Å². The highest BCUT2D eigenvalue weighted by Crippen LogP contribution is 2.44. The molecule has 0 atom stereocenters. The highest BCUT2D eigenvalue weighted by molar-refractivity contribution is 7.19. The van der Waals surface area contributed by atoms with Crippen molar-refractivity contribution in [2.24, 2.45) is 5.92 Å². The lowest BCUT2D eigenvalue weighted by molar-refractivity contribution is 0.0960. The molecule has 1 fully saturated rings. The first-order valence-electron chi connectivity index (χ1n) is 6.79. The zero-order chi connectivity index (χ0) is 14.9. The van der Waals surface area contributed by atoms with Gasteiger partial charge in [-0.05, 0) is 39.5 Å². The van der Waals surface area contributed by atoms with Gasteiger partial charge in [-0.25, -0.2) is 0 Å². The van der Waals surface area contributed by atoms with Gasteiger partial charge >= 0.3 is 0 Å². The van der Waals surface area contributed by atoms with Gasteiger partial charge in [-0.15, -0.1) is 11.3 Å². The largest absolute Gasteiger partial charge is 0.396 e. The molecular formula is C14H20N4OS. The van der Waals surface area contributed by atoms with Crippen LogP contribution in [0.5, 0.6) is 0 Å². The molecule has 0 saturated heterocycles. The molecule has 0 unspecified atom stereocenters. The Labute approximate surface area is 123 Å². The number of hydrogen-bond acceptors (Lipinski definition) is 5. The Hall–Kier alpha value is -1.74. The van der Waals surface area contributed by atoms with E-state index in [0.717, 1.165) is 0 Å². The van der Waals surface area contributed by atoms with E-state index >= 15 is 0 Å². The first-order chi connectivity index (χ1) is 9.40. The number of nitrogens with one attached hydrogen (secondary N) is 2. The summed E-state index contributed by atoms with van der Waals surface area (Å²) in [5.41, 5.74) is 6.52. The summed E-state index contributed by atoms with van der Waals surface area (Å²) in [6.45, 7) is 6.62. The second kappa shape index (κ2) is 5.33. The number of nitriles is 1. The number of anilines is 2. The molecule has 6 heteroatoms. The van der Waals surface area contributed by atoms with E-state index in [-0.39, 0.29) is 17.1 Å². The second-order valence-corrected chi connectivity index (χ2v) is 6.66. The number of carbonyl (C=O) groups excluding carboxylic acids is 1. The lowest BCUT2D eigenvalue weighted by atomic mass is 9.99. The number of nitrogens with two attached hydrogens (primary N) is 1. The van der Waals surface area contributed by atoms with E-state index in [0.29, 0.717) is 27.9 Å². The average molecular weight is 292 g/mol. The molecule has 1 saturated carbocycles. The first-order valence-corrected chi connectivity index (χ1v) is 7.61. The van der Waals surface area contributed by atoms with Gasteiger partial charge in [0.05, 0.1) is 5.69 Å². The van der Waals surface area contributed by atoms with Crippen LogP contribution in [0.1, 0.15) is 48.8 Å². The SMILES string of the molecule is CCNC(=O)c1sc(NC(C)(C)C2CC2)c(C#N)c1N. The van der Waals surface area contributed by atoms with Crippen LogP contribution in [-0.4, -0.2) is 18.0 Å². The van der Waals surface area contributed by atoms with Crippen LogP contribution in [0.3, 0.4) is 0 Å². The molecular weight excluding hydrogens is 272 g/mol. The summed E-state index contributed by atoms with van der Waals surface area (Å²) in [6.07, 6.45) is 2.40. The highest BCUT2D eigenvalue weighted by Gasteiger charge is 2.38. The number of hydrogen-bond donors (Lipinski definition) is 3. The normalized spacial score (nSPS) is 14.7. The van der Waals surface area contributed by atoms with Gasteiger partial charge < -0.3 is 16.4 Å². The van der Waals surface area contributed by atoms with Crippen molar-refractivity contribution in [1.82, 2.24) is 5.32 Å². The van der Waals surface area contributed by atoms with Gasteiger partial charge in [0.2, 0.25) is 0 Å². The molecule has 1 aromatic heterocycles. The molecule has 4 N–H and O–H groups in total. The Morgan fingerprint density at radius 1 is 1.55 bits per heavy atom. The summed E-state index contributed by atoms with van der Waals surface area (Å²) in [4.78, 5) is 12.4. The molecule has 20 heavy (non-hydrogen) atoms. The van der Waals surface area contributed by atoms with E-state index in [9.17, 15) is 10.1 Å². The van der Waals surface area contributed by atoms with Gasteiger partial charge in [-0.1, -0.05) is 0 Å². The smallest absolute Gasteiger partial charge is 0.263 e. The minimum Gasteiger partial charge on any atom is -0.396 e. The van der Waals surface area contributed by atoms with Crippen molar-refractivity contribution in [3.63, 3.8) is 0 Å². The molecule has 1 aliphatic rings. The number of thiophene rings is 1. The second-order valence-electron chi connectivity index (χ2n) is 5.64. The summed E-state index contributed by atoms with van der Waals surface area (Å²) in [5, 5.41) is 16.1. The summed E-state index contributed by atoms with van der Waals surface area (Å²) < 4.78 is 0. The quantitative estimate of drug-likeness (QED) is 0.778. The predicted octanol–water partition coefficient (Wildman–Crippen LogP) is 2.55. The molecule has 1 heterocycles. The molecule has 1 amide bonds. The average Bonchev–Trinajstić information content (AvgIpc) is 3.17. The van der Waals surface area contributed by atoms with Crippen LogP contribution in [-0.2, 0) is 0 Å². The van der Waals surface area contributed by atoms with Crippen LogP contribution >= 0.6 is 11.3 Å². The number of rotatable bonds is 5. The maximum absolute atomic E-state index is 11.9. The molecule has 0 aliphatic heterocycles. The number of nitrogens with zero attached hydrogens (tertiary/aromatic N) is 1. The van der Waals surface area contributed by atoms with E-state index in [2.05, 4.69) is 30.6 Å². The Morgan fingerprint density at radius 2 is 2.20 bits per heavy atom. The predicted molar refractivity (Wildman–Crippen MR) is 81.9 cm³/mol. The fourth-order valence-electron chi connectivity index (χ4n) is 2.25. The van der Waals surface area contributed by atoms with E-state index in [1.807, 2.05) is 6.92 Å². The van der Waals surface area contributed by atoms with Crippen molar-refractivity contribution < 1.29 is 4.79 Å². The molecule has 2 rings (SSSR count). The van der Waals surface area contributed by atoms with Crippen molar-refractivity contribution in [2.45, 2.75) is 39.2 Å². The van der Waals surface area contributed by atoms with Gasteiger partial charge in [0.25, 0.3) is 5.91 Å². The van der Waals surface area contributed by atoms with E-state index in [1.165, 1.54) is 24.2 Å². The third-order valence-corrected chi connectivity index (χ3v) is 4.75. The minimum absolute atomic E-state index is 0.0819. The molecule has 0 aromatic carbocycles. The van der Waals surface area contributed by atoms with Crippen LogP contribution in [0.4, 0.5) is 10.7 Å². The minimum atomic E-state index is -0.219. The van der Waals surface area contributed by atoms with Crippen molar-refractivity contribution in [1.29, 1.82) is 5.26 Å². The Bertz CT molecular complexity index is 566. The summed E-state index contributed by atoms with van der Waals surface area (Å²) >= 11 is 1.26. The topological polar surface area (TPSA) is 90.9 Å². The Morgan fingerprint density at radius 3 is 2.70 bits per heavy atom. The van der Waals surface area contributed by atoms with Gasteiger partial charge in [0.1, 0.15) is 21.5 Å².